The van der Waals surface area contributed by atoms with Crippen molar-refractivity contribution < 1.29 is 18.0 Å². The molecule has 0 spiro atoms. The van der Waals surface area contributed by atoms with Gasteiger partial charge in [-0.2, -0.15) is 13.2 Å². The second-order valence-corrected chi connectivity index (χ2v) is 4.96. The lowest BCUT2D eigenvalue weighted by atomic mass is 10.1. The molecule has 1 aromatic carbocycles. The quantitative estimate of drug-likeness (QED) is 0.870. The molecule has 2 aliphatic heterocycles. The molecule has 0 atom stereocenters. The van der Waals surface area contributed by atoms with Crippen molar-refractivity contribution in [3.63, 3.8) is 0 Å². The van der Waals surface area contributed by atoms with Gasteiger partial charge in [0.25, 0.3) is 5.91 Å². The van der Waals surface area contributed by atoms with Gasteiger partial charge in [-0.3, -0.25) is 9.80 Å². The Bertz CT molecular complexity index is 664. The standard InChI is InChI=1S/C14H13F3N4O/c15-14(16,17)9-1-3-10(4-2-9)20-5-6-21-12(8-20)11(7-19-21)13(18)22/h1-4,7-8,19H,5-6H2,(H2,18,22). The molecular formula is C14H13F3N4O. The fourth-order valence-electron chi connectivity index (χ4n) is 2.42. The Hall–Kier alpha value is -2.64. The highest BCUT2D eigenvalue weighted by atomic mass is 19.4. The highest BCUT2D eigenvalue weighted by Crippen LogP contribution is 2.32. The first-order chi connectivity index (χ1) is 10.4. The van der Waals surface area contributed by atoms with Gasteiger partial charge in [0, 0.05) is 24.6 Å². The largest absolute Gasteiger partial charge is 0.416 e. The van der Waals surface area contributed by atoms with Crippen molar-refractivity contribution in [1.29, 1.82) is 0 Å². The number of nitrogens with zero attached hydrogens (tertiary/aromatic N) is 2. The van der Waals surface area contributed by atoms with E-state index in [1.165, 1.54) is 18.3 Å². The van der Waals surface area contributed by atoms with E-state index in [0.717, 1.165) is 12.1 Å². The van der Waals surface area contributed by atoms with E-state index in [0.29, 0.717) is 30.0 Å². The minimum Gasteiger partial charge on any atom is -0.365 e. The third kappa shape index (κ3) is 2.47. The molecule has 0 saturated carbocycles. The number of carbonyl (C=O) groups excluding carboxylic acids is 1. The zero-order valence-electron chi connectivity index (χ0n) is 11.4. The van der Waals surface area contributed by atoms with Crippen molar-refractivity contribution in [3.8, 4) is 0 Å². The molecule has 0 bridgehead atoms. The van der Waals surface area contributed by atoms with E-state index in [1.54, 1.807) is 16.1 Å². The molecule has 0 unspecified atom stereocenters. The Labute approximate surface area is 124 Å². The van der Waals surface area contributed by atoms with Crippen molar-refractivity contribution in [2.75, 3.05) is 18.0 Å². The number of primary amides is 1. The van der Waals surface area contributed by atoms with Crippen LogP contribution in [0.4, 0.5) is 18.9 Å². The lowest BCUT2D eigenvalue weighted by Gasteiger charge is -2.32. The fourth-order valence-corrected chi connectivity index (χ4v) is 2.42. The number of hydrogen-bond acceptors (Lipinski definition) is 4. The second-order valence-electron chi connectivity index (χ2n) is 4.96. The SMILES string of the molecule is NC(=O)C1=CNN2CCN(c3ccc(C(F)(F)F)cc3)C=C12. The first-order valence-electron chi connectivity index (χ1n) is 6.56. The number of nitrogens with one attached hydrogen (secondary N) is 1. The number of amides is 1. The van der Waals surface area contributed by atoms with Gasteiger partial charge in [-0.15, -0.1) is 0 Å². The molecule has 1 aromatic rings. The summed E-state index contributed by atoms with van der Waals surface area (Å²) in [6.45, 7) is 1.14. The monoisotopic (exact) mass is 310 g/mol. The third-order valence-corrected chi connectivity index (χ3v) is 3.57. The molecule has 22 heavy (non-hydrogen) atoms. The van der Waals surface area contributed by atoms with Crippen LogP contribution in [0.15, 0.2) is 47.9 Å². The summed E-state index contributed by atoms with van der Waals surface area (Å²) < 4.78 is 37.7. The van der Waals surface area contributed by atoms with Gasteiger partial charge in [0.1, 0.15) is 0 Å². The van der Waals surface area contributed by atoms with E-state index >= 15 is 0 Å². The van der Waals surface area contributed by atoms with Crippen LogP contribution in [-0.4, -0.2) is 24.0 Å². The summed E-state index contributed by atoms with van der Waals surface area (Å²) in [5.41, 5.74) is 9.10. The van der Waals surface area contributed by atoms with Crippen LogP contribution in [0.2, 0.25) is 0 Å². The Kier molecular flexibility index (Phi) is 3.23. The van der Waals surface area contributed by atoms with Gasteiger partial charge in [0.15, 0.2) is 0 Å². The smallest absolute Gasteiger partial charge is 0.365 e. The van der Waals surface area contributed by atoms with Crippen molar-refractivity contribution in [2.24, 2.45) is 5.73 Å². The number of alkyl halides is 3. The summed E-state index contributed by atoms with van der Waals surface area (Å²) in [4.78, 5) is 13.1. The van der Waals surface area contributed by atoms with Crippen molar-refractivity contribution in [1.82, 2.24) is 10.4 Å². The summed E-state index contributed by atoms with van der Waals surface area (Å²) in [7, 11) is 0. The van der Waals surface area contributed by atoms with E-state index in [9.17, 15) is 18.0 Å². The molecule has 3 rings (SSSR count). The van der Waals surface area contributed by atoms with Crippen LogP contribution in [0.25, 0.3) is 0 Å². The number of fused-ring (bicyclic) bond motifs is 1. The molecule has 1 amide bonds. The van der Waals surface area contributed by atoms with Crippen LogP contribution in [-0.2, 0) is 11.0 Å². The normalized spacial score (nSPS) is 17.6. The predicted molar refractivity (Wildman–Crippen MR) is 74.0 cm³/mol. The average molecular weight is 310 g/mol. The molecule has 0 aromatic heterocycles. The number of anilines is 1. The lowest BCUT2D eigenvalue weighted by Crippen LogP contribution is -2.41. The summed E-state index contributed by atoms with van der Waals surface area (Å²) in [6.07, 6.45) is -1.14. The minimum atomic E-state index is -4.35. The first kappa shape index (κ1) is 14.3. The topological polar surface area (TPSA) is 61.6 Å². The molecule has 0 fully saturated rings. The van der Waals surface area contributed by atoms with Crippen LogP contribution in [0, 0.1) is 0 Å². The van der Waals surface area contributed by atoms with E-state index in [1.807, 2.05) is 0 Å². The summed E-state index contributed by atoms with van der Waals surface area (Å²) in [5, 5.41) is 1.76. The van der Waals surface area contributed by atoms with E-state index in [4.69, 9.17) is 5.73 Å². The summed E-state index contributed by atoms with van der Waals surface area (Å²) in [5.74, 6) is -0.560. The van der Waals surface area contributed by atoms with Gasteiger partial charge >= 0.3 is 6.18 Å². The summed E-state index contributed by atoms with van der Waals surface area (Å²) >= 11 is 0. The number of hydrazine groups is 1. The van der Waals surface area contributed by atoms with E-state index < -0.39 is 17.6 Å². The molecule has 0 radical (unpaired) electrons. The van der Waals surface area contributed by atoms with Crippen molar-refractivity contribution >= 4 is 11.6 Å². The zero-order chi connectivity index (χ0) is 15.9. The number of rotatable bonds is 2. The molecule has 3 N–H and O–H groups in total. The van der Waals surface area contributed by atoms with Crippen LogP contribution in [0.1, 0.15) is 5.56 Å². The molecule has 2 aliphatic rings. The van der Waals surface area contributed by atoms with Crippen LogP contribution >= 0.6 is 0 Å². The predicted octanol–water partition coefficient (Wildman–Crippen LogP) is 1.56. The number of hydrogen-bond donors (Lipinski definition) is 2. The Morgan fingerprint density at radius 3 is 2.45 bits per heavy atom. The van der Waals surface area contributed by atoms with E-state index in [-0.39, 0.29) is 0 Å². The summed E-state index contributed by atoms with van der Waals surface area (Å²) in [6, 6.07) is 4.90. The van der Waals surface area contributed by atoms with Crippen LogP contribution in [0.5, 0.6) is 0 Å². The van der Waals surface area contributed by atoms with Gasteiger partial charge < -0.3 is 16.1 Å². The molecule has 8 heteroatoms. The second kappa shape index (κ2) is 4.97. The molecular weight excluding hydrogens is 297 g/mol. The highest BCUT2D eigenvalue weighted by molar-refractivity contribution is 5.97. The maximum Gasteiger partial charge on any atom is 0.416 e. The lowest BCUT2D eigenvalue weighted by molar-refractivity contribution is -0.137. The maximum absolute atomic E-state index is 12.6. The number of benzene rings is 1. The van der Waals surface area contributed by atoms with Gasteiger partial charge in [0.2, 0.25) is 0 Å². The Morgan fingerprint density at radius 2 is 1.86 bits per heavy atom. The van der Waals surface area contributed by atoms with Gasteiger partial charge in [-0.25, -0.2) is 0 Å². The molecule has 5 nitrogen and oxygen atoms in total. The van der Waals surface area contributed by atoms with Crippen LogP contribution in [0.3, 0.4) is 0 Å². The average Bonchev–Trinajstić information content (AvgIpc) is 2.89. The van der Waals surface area contributed by atoms with Crippen molar-refractivity contribution in [2.45, 2.75) is 6.18 Å². The molecule has 116 valence electrons. The Balaban J connectivity index is 1.87. The molecule has 0 aliphatic carbocycles. The highest BCUT2D eigenvalue weighted by Gasteiger charge is 2.31. The van der Waals surface area contributed by atoms with Gasteiger partial charge in [-0.1, -0.05) is 0 Å². The van der Waals surface area contributed by atoms with E-state index in [2.05, 4.69) is 5.43 Å². The van der Waals surface area contributed by atoms with Crippen molar-refractivity contribution in [3.05, 3.63) is 53.5 Å². The molecule has 2 heterocycles. The van der Waals surface area contributed by atoms with Crippen LogP contribution < -0.4 is 16.1 Å². The number of carbonyl (C=O) groups is 1. The zero-order valence-corrected chi connectivity index (χ0v) is 11.4. The Morgan fingerprint density at radius 1 is 1.18 bits per heavy atom. The number of halogens is 3. The molecule has 0 saturated heterocycles. The number of nitrogens with two attached hydrogens (primary N) is 1. The van der Waals surface area contributed by atoms with Gasteiger partial charge in [-0.05, 0) is 24.3 Å². The fraction of sp³-hybridized carbons (Fsp3) is 0.214. The minimum absolute atomic E-state index is 0.344. The maximum atomic E-state index is 12.6. The third-order valence-electron chi connectivity index (χ3n) is 3.57. The first-order valence-corrected chi connectivity index (χ1v) is 6.56. The van der Waals surface area contributed by atoms with Gasteiger partial charge in [0.05, 0.1) is 23.4 Å².